The molecule has 1 saturated carbocycles. The van der Waals surface area contributed by atoms with Crippen LogP contribution in [0.5, 0.6) is 0 Å². The van der Waals surface area contributed by atoms with Gasteiger partial charge in [0.2, 0.25) is 0 Å². The Labute approximate surface area is 196 Å². The van der Waals surface area contributed by atoms with E-state index >= 15 is 0 Å². The van der Waals surface area contributed by atoms with Crippen molar-refractivity contribution in [3.63, 3.8) is 0 Å². The quantitative estimate of drug-likeness (QED) is 0.644. The Hall–Kier alpha value is -3.82. The molecule has 2 aromatic heterocycles. The third kappa shape index (κ3) is 3.49. The van der Waals surface area contributed by atoms with E-state index in [0.29, 0.717) is 49.1 Å². The summed E-state index contributed by atoms with van der Waals surface area (Å²) >= 11 is 0. The third-order valence-corrected chi connectivity index (χ3v) is 7.62. The maximum atomic E-state index is 13.2. The normalized spacial score (nSPS) is 22.2. The van der Waals surface area contributed by atoms with Gasteiger partial charge in [-0.05, 0) is 54.7 Å². The van der Waals surface area contributed by atoms with Gasteiger partial charge in [0.25, 0.3) is 5.91 Å². The number of aryl methyl sites for hydroxylation is 1. The number of nitrogens with zero attached hydrogens (tertiary/aromatic N) is 4. The molecule has 1 unspecified atom stereocenters. The van der Waals surface area contributed by atoms with Crippen LogP contribution < -0.4 is 10.6 Å². The van der Waals surface area contributed by atoms with Gasteiger partial charge in [0.15, 0.2) is 11.5 Å². The first kappa shape index (κ1) is 20.8. The summed E-state index contributed by atoms with van der Waals surface area (Å²) in [5.41, 5.74) is 4.26. The summed E-state index contributed by atoms with van der Waals surface area (Å²) in [4.78, 5) is 29.5. The molecule has 1 aliphatic carbocycles. The zero-order chi connectivity index (χ0) is 23.3. The van der Waals surface area contributed by atoms with E-state index in [-0.39, 0.29) is 17.4 Å². The van der Waals surface area contributed by atoms with E-state index in [1.54, 1.807) is 17.2 Å². The summed E-state index contributed by atoms with van der Waals surface area (Å²) in [7, 11) is 0. The van der Waals surface area contributed by atoms with Crippen molar-refractivity contribution in [2.75, 3.05) is 26.2 Å². The Morgan fingerprint density at radius 1 is 1.32 bits per heavy atom. The van der Waals surface area contributed by atoms with Crippen LogP contribution in [0, 0.1) is 18.3 Å². The summed E-state index contributed by atoms with van der Waals surface area (Å²) in [5.74, 6) is 0.916. The molecular formula is C24H27N7O3. The van der Waals surface area contributed by atoms with E-state index in [1.807, 2.05) is 36.5 Å². The first-order chi connectivity index (χ1) is 16.5. The molecule has 2 fully saturated rings. The first-order valence-corrected chi connectivity index (χ1v) is 11.7. The van der Waals surface area contributed by atoms with Crippen molar-refractivity contribution >= 4 is 11.9 Å². The van der Waals surface area contributed by atoms with Gasteiger partial charge in [0.1, 0.15) is 0 Å². The van der Waals surface area contributed by atoms with Crippen LogP contribution >= 0.6 is 0 Å². The summed E-state index contributed by atoms with van der Waals surface area (Å²) < 4.78 is 5.27. The number of amides is 3. The number of fused-ring (bicyclic) bond motifs is 1. The number of aromatic amines is 1. The number of likely N-dealkylation sites (tertiary alicyclic amines) is 1. The van der Waals surface area contributed by atoms with E-state index in [0.717, 1.165) is 36.1 Å². The van der Waals surface area contributed by atoms with Gasteiger partial charge in [-0.25, -0.2) is 4.79 Å². The number of hydrogen-bond acceptors (Lipinski definition) is 6. The molecule has 34 heavy (non-hydrogen) atoms. The number of urea groups is 1. The molecule has 5 heterocycles. The molecule has 176 valence electrons. The van der Waals surface area contributed by atoms with Gasteiger partial charge < -0.3 is 20.1 Å². The van der Waals surface area contributed by atoms with Gasteiger partial charge in [-0.1, -0.05) is 5.16 Å². The zero-order valence-electron chi connectivity index (χ0n) is 19.0. The Morgan fingerprint density at radius 2 is 2.18 bits per heavy atom. The molecule has 0 radical (unpaired) electrons. The lowest BCUT2D eigenvalue weighted by atomic mass is 9.90. The molecule has 1 spiro atoms. The summed E-state index contributed by atoms with van der Waals surface area (Å²) in [5, 5.41) is 17.1. The number of nitrogens with one attached hydrogen (secondary N) is 3. The highest BCUT2D eigenvalue weighted by Gasteiger charge is 2.55. The predicted molar refractivity (Wildman–Crippen MR) is 123 cm³/mol. The first-order valence-electron chi connectivity index (χ1n) is 11.7. The van der Waals surface area contributed by atoms with E-state index in [2.05, 4.69) is 26.0 Å². The highest BCUT2D eigenvalue weighted by molar-refractivity contribution is 5.99. The summed E-state index contributed by atoms with van der Waals surface area (Å²) in [6.45, 7) is 4.52. The number of dihydropyridines is 1. The number of carbonyl (C=O) groups excluding carboxylic acids is 2. The predicted octanol–water partition coefficient (Wildman–Crippen LogP) is 2.53. The molecule has 3 aliphatic heterocycles. The Balaban J connectivity index is 1.02. The maximum absolute atomic E-state index is 13.2. The average Bonchev–Trinajstić information content (AvgIpc) is 3.31. The van der Waals surface area contributed by atoms with E-state index in [9.17, 15) is 9.59 Å². The molecular weight excluding hydrogens is 434 g/mol. The molecule has 6 rings (SSSR count). The number of allylic oxidation sites excluding steroid dienone is 1. The number of carbonyl (C=O) groups is 2. The summed E-state index contributed by atoms with van der Waals surface area (Å²) in [6.07, 6.45) is 12.2. The fraction of sp³-hybridized carbons (Fsp3) is 0.417. The van der Waals surface area contributed by atoms with Crippen molar-refractivity contribution in [3.8, 4) is 11.3 Å². The third-order valence-electron chi connectivity index (χ3n) is 7.62. The van der Waals surface area contributed by atoms with Gasteiger partial charge in [0, 0.05) is 50.0 Å². The van der Waals surface area contributed by atoms with Crippen LogP contribution in [0.1, 0.15) is 35.4 Å². The van der Waals surface area contributed by atoms with Crippen LogP contribution in [-0.4, -0.2) is 63.3 Å². The van der Waals surface area contributed by atoms with Crippen LogP contribution in [0.15, 0.2) is 52.6 Å². The van der Waals surface area contributed by atoms with Crippen molar-refractivity contribution in [2.24, 2.45) is 11.3 Å². The van der Waals surface area contributed by atoms with E-state index in [4.69, 9.17) is 4.52 Å². The van der Waals surface area contributed by atoms with Crippen LogP contribution in [0.2, 0.25) is 0 Å². The molecule has 1 atom stereocenters. The number of hydrogen-bond donors (Lipinski definition) is 3. The Kier molecular flexibility index (Phi) is 4.82. The topological polar surface area (TPSA) is 119 Å². The standard InChI is InChI=1S/C24H27N7O3/c1-15-20(19-3-7-27-34-19)21(29-28-15)22(32)30-8-4-24(5-9-30)10-18(24)12-26-23(33)31-13-16-2-6-25-11-17(16)14-31/h2-3,6-7,11,13,18,25H,4-5,8-10,12,14H2,1H3,(H,26,33)(H,28,29). The highest BCUT2D eigenvalue weighted by Crippen LogP contribution is 2.59. The smallest absolute Gasteiger partial charge is 0.321 e. The number of aromatic nitrogens is 3. The largest absolute Gasteiger partial charge is 0.367 e. The van der Waals surface area contributed by atoms with Crippen molar-refractivity contribution in [1.29, 1.82) is 0 Å². The molecule has 2 aromatic rings. The Morgan fingerprint density at radius 3 is 2.94 bits per heavy atom. The van der Waals surface area contributed by atoms with Gasteiger partial charge in [-0.2, -0.15) is 5.10 Å². The minimum Gasteiger partial charge on any atom is -0.367 e. The van der Waals surface area contributed by atoms with Crippen LogP contribution in [0.3, 0.4) is 0 Å². The lowest BCUT2D eigenvalue weighted by Crippen LogP contribution is -2.41. The molecule has 10 nitrogen and oxygen atoms in total. The van der Waals surface area contributed by atoms with Crippen LogP contribution in [0.25, 0.3) is 11.3 Å². The zero-order valence-corrected chi connectivity index (χ0v) is 19.0. The number of rotatable bonds is 4. The molecule has 3 amide bonds. The second kappa shape index (κ2) is 7.89. The molecule has 0 bridgehead atoms. The lowest BCUT2D eigenvalue weighted by Gasteiger charge is -2.33. The van der Waals surface area contributed by atoms with E-state index in [1.165, 1.54) is 0 Å². The fourth-order valence-electron chi connectivity index (χ4n) is 5.45. The van der Waals surface area contributed by atoms with Crippen molar-refractivity contribution in [1.82, 2.24) is 35.8 Å². The molecule has 1 saturated heterocycles. The minimum absolute atomic E-state index is 0.0558. The van der Waals surface area contributed by atoms with Crippen molar-refractivity contribution in [3.05, 3.63) is 59.5 Å². The van der Waals surface area contributed by atoms with Crippen molar-refractivity contribution in [2.45, 2.75) is 26.2 Å². The second-order valence-electron chi connectivity index (χ2n) is 9.57. The summed E-state index contributed by atoms with van der Waals surface area (Å²) in [6, 6.07) is 1.68. The average molecular weight is 462 g/mol. The monoisotopic (exact) mass is 461 g/mol. The molecule has 3 N–H and O–H groups in total. The van der Waals surface area contributed by atoms with Crippen molar-refractivity contribution < 1.29 is 14.1 Å². The van der Waals surface area contributed by atoms with Gasteiger partial charge >= 0.3 is 6.03 Å². The van der Waals surface area contributed by atoms with Gasteiger partial charge in [-0.15, -0.1) is 0 Å². The maximum Gasteiger partial charge on any atom is 0.321 e. The molecule has 4 aliphatic rings. The minimum atomic E-state index is -0.0857. The fourth-order valence-corrected chi connectivity index (χ4v) is 5.45. The van der Waals surface area contributed by atoms with Gasteiger partial charge in [-0.3, -0.25) is 14.8 Å². The van der Waals surface area contributed by atoms with Crippen LogP contribution in [-0.2, 0) is 0 Å². The van der Waals surface area contributed by atoms with Crippen LogP contribution in [0.4, 0.5) is 4.79 Å². The Bertz CT molecular complexity index is 1220. The lowest BCUT2D eigenvalue weighted by molar-refractivity contribution is 0.0663. The number of piperidine rings is 1. The molecule has 10 heteroatoms. The van der Waals surface area contributed by atoms with Gasteiger partial charge in [0.05, 0.1) is 18.3 Å². The SMILES string of the molecule is Cc1[nH]nc(C(=O)N2CCC3(CC2)CC3CNC(=O)N2C=C3C=CNC=C3C2)c1-c1ccno1. The van der Waals surface area contributed by atoms with E-state index < -0.39 is 0 Å². The second-order valence-corrected chi connectivity index (χ2v) is 9.57. The highest BCUT2D eigenvalue weighted by atomic mass is 16.5. The number of H-pyrrole nitrogens is 1. The molecule has 0 aromatic carbocycles.